The number of aromatic nitrogens is 6. The highest BCUT2D eigenvalue weighted by Crippen LogP contribution is 2.40. The van der Waals surface area contributed by atoms with Crippen LogP contribution in [0.25, 0.3) is 30.8 Å². The number of nitrogens with zero attached hydrogens (tertiary/aromatic N) is 8. The van der Waals surface area contributed by atoms with Crippen LogP contribution in [0.4, 0.5) is 34.1 Å². The van der Waals surface area contributed by atoms with Crippen molar-refractivity contribution < 1.29 is 0 Å². The predicted molar refractivity (Wildman–Crippen MR) is 187 cm³/mol. The van der Waals surface area contributed by atoms with Crippen LogP contribution in [-0.4, -0.2) is 29.9 Å². The zero-order valence-corrected chi connectivity index (χ0v) is 25.9. The third-order valence-corrected chi connectivity index (χ3v) is 9.53. The summed E-state index contributed by atoms with van der Waals surface area (Å²) < 4.78 is 0. The summed E-state index contributed by atoms with van der Waals surface area (Å²) in [7, 11) is 0. The molecule has 6 heterocycles. The molecule has 0 unspecified atom stereocenters. The molecular formula is C36H24N8S2. The molecule has 8 rings (SSSR count). The lowest BCUT2D eigenvalue weighted by Gasteiger charge is -2.25. The van der Waals surface area contributed by atoms with Gasteiger partial charge in [-0.25, -0.2) is 9.97 Å². The molecule has 0 aliphatic rings. The van der Waals surface area contributed by atoms with Crippen molar-refractivity contribution in [3.63, 3.8) is 0 Å². The normalized spacial score (nSPS) is 11.0. The van der Waals surface area contributed by atoms with E-state index in [1.165, 1.54) is 0 Å². The van der Waals surface area contributed by atoms with E-state index >= 15 is 0 Å². The zero-order chi connectivity index (χ0) is 30.7. The van der Waals surface area contributed by atoms with E-state index in [2.05, 4.69) is 78.3 Å². The smallest absolute Gasteiger partial charge is 0.155 e. The molecule has 0 saturated heterocycles. The van der Waals surface area contributed by atoms with Crippen LogP contribution in [0.1, 0.15) is 0 Å². The van der Waals surface area contributed by atoms with Gasteiger partial charge in [-0.15, -0.1) is 0 Å². The quantitative estimate of drug-likeness (QED) is 0.164. The summed E-state index contributed by atoms with van der Waals surface area (Å²) in [6.45, 7) is 0. The van der Waals surface area contributed by atoms with Crippen LogP contribution in [0.15, 0.2) is 147 Å². The highest BCUT2D eigenvalue weighted by Gasteiger charge is 2.17. The second-order valence-electron chi connectivity index (χ2n) is 10.2. The standard InChI is InChI=1S/C36H24N8S2/c1-5-27(43(29-9-17-37-18-10-29)30-11-19-38-20-12-30)6-2-25(1)33-41-35-36(45-33)42-34(46-35)26-3-7-28(8-4-26)44(31-13-21-39-22-14-31)32-15-23-40-24-16-32/h1-24H. The van der Waals surface area contributed by atoms with Crippen molar-refractivity contribution in [2.75, 3.05) is 9.80 Å². The van der Waals surface area contributed by atoms with Gasteiger partial charge in [0.15, 0.2) is 9.66 Å². The first-order valence-corrected chi connectivity index (χ1v) is 16.1. The largest absolute Gasteiger partial charge is 0.310 e. The summed E-state index contributed by atoms with van der Waals surface area (Å²) in [6, 6.07) is 32.9. The van der Waals surface area contributed by atoms with Crippen LogP contribution in [0.3, 0.4) is 0 Å². The van der Waals surface area contributed by atoms with Crippen molar-refractivity contribution in [3.05, 3.63) is 147 Å². The average Bonchev–Trinajstić information content (AvgIpc) is 3.72. The number of rotatable bonds is 8. The number of hydrogen-bond donors (Lipinski definition) is 0. The molecular weight excluding hydrogens is 609 g/mol. The third kappa shape index (κ3) is 5.47. The molecule has 6 aromatic heterocycles. The second-order valence-corrected chi connectivity index (χ2v) is 12.2. The summed E-state index contributed by atoms with van der Waals surface area (Å²) in [5.41, 5.74) is 8.28. The van der Waals surface area contributed by atoms with E-state index in [0.29, 0.717) is 0 Å². The van der Waals surface area contributed by atoms with E-state index < -0.39 is 0 Å². The molecule has 0 aliphatic heterocycles. The van der Waals surface area contributed by atoms with Gasteiger partial charge in [-0.05, 0) is 97.1 Å². The second kappa shape index (κ2) is 12.3. The van der Waals surface area contributed by atoms with Crippen LogP contribution in [0.2, 0.25) is 0 Å². The number of benzene rings is 2. The van der Waals surface area contributed by atoms with E-state index in [1.54, 1.807) is 72.2 Å². The monoisotopic (exact) mass is 632 g/mol. The van der Waals surface area contributed by atoms with Crippen LogP contribution in [0.5, 0.6) is 0 Å². The van der Waals surface area contributed by atoms with Gasteiger partial charge < -0.3 is 9.80 Å². The first kappa shape index (κ1) is 27.7. The molecule has 8 aromatic rings. The summed E-state index contributed by atoms with van der Waals surface area (Å²) in [5.74, 6) is 0. The van der Waals surface area contributed by atoms with E-state index in [4.69, 9.17) is 9.97 Å². The SMILES string of the molecule is c1cc(N(c2ccncc2)c2ccc(-c3nc4sc(-c5ccc(N(c6ccncc6)c6ccncc6)cc5)nc4s3)cc2)ccn1. The average molecular weight is 633 g/mol. The maximum absolute atomic E-state index is 4.97. The molecule has 46 heavy (non-hydrogen) atoms. The molecule has 0 fully saturated rings. The topological polar surface area (TPSA) is 83.8 Å². The van der Waals surface area contributed by atoms with Crippen LogP contribution in [0, 0.1) is 0 Å². The van der Waals surface area contributed by atoms with Crippen molar-refractivity contribution in [2.45, 2.75) is 0 Å². The summed E-state index contributed by atoms with van der Waals surface area (Å²) >= 11 is 3.23. The molecule has 0 N–H and O–H groups in total. The van der Waals surface area contributed by atoms with Gasteiger partial charge in [0.05, 0.1) is 0 Å². The summed E-state index contributed by atoms with van der Waals surface area (Å²) in [4.78, 5) is 32.9. The fourth-order valence-electron chi connectivity index (χ4n) is 5.26. The van der Waals surface area contributed by atoms with Crippen LogP contribution >= 0.6 is 22.7 Å². The molecule has 10 heteroatoms. The lowest BCUT2D eigenvalue weighted by atomic mass is 10.1. The van der Waals surface area contributed by atoms with Crippen LogP contribution in [-0.2, 0) is 0 Å². The van der Waals surface area contributed by atoms with Crippen molar-refractivity contribution >= 4 is 66.5 Å². The summed E-state index contributed by atoms with van der Waals surface area (Å²) in [5, 5.41) is 1.90. The van der Waals surface area contributed by atoms with Gasteiger partial charge in [0.2, 0.25) is 0 Å². The van der Waals surface area contributed by atoms with Crippen LogP contribution < -0.4 is 9.80 Å². The van der Waals surface area contributed by atoms with Crippen molar-refractivity contribution in [1.82, 2.24) is 29.9 Å². The highest BCUT2D eigenvalue weighted by molar-refractivity contribution is 7.29. The fourth-order valence-corrected chi connectivity index (χ4v) is 7.32. The van der Waals surface area contributed by atoms with Gasteiger partial charge in [-0.1, -0.05) is 22.7 Å². The molecule has 0 spiro atoms. The maximum atomic E-state index is 4.97. The van der Waals surface area contributed by atoms with E-state index in [0.717, 1.165) is 64.9 Å². The molecule has 8 nitrogen and oxygen atoms in total. The Morgan fingerprint density at radius 3 is 0.870 bits per heavy atom. The first-order chi connectivity index (χ1) is 22.8. The highest BCUT2D eigenvalue weighted by atomic mass is 32.1. The molecule has 0 saturated carbocycles. The number of pyridine rings is 4. The number of anilines is 6. The van der Waals surface area contributed by atoms with Gasteiger partial charge in [0, 0.05) is 94.8 Å². The van der Waals surface area contributed by atoms with Gasteiger partial charge in [-0.2, -0.15) is 0 Å². The number of hydrogen-bond acceptors (Lipinski definition) is 10. The van der Waals surface area contributed by atoms with Crippen molar-refractivity contribution in [3.8, 4) is 21.1 Å². The lowest BCUT2D eigenvalue weighted by Crippen LogP contribution is -2.09. The van der Waals surface area contributed by atoms with Gasteiger partial charge in [-0.3, -0.25) is 19.9 Å². The maximum Gasteiger partial charge on any atom is 0.155 e. The molecule has 0 atom stereocenters. The van der Waals surface area contributed by atoms with E-state index in [-0.39, 0.29) is 0 Å². The summed E-state index contributed by atoms with van der Waals surface area (Å²) in [6.07, 6.45) is 14.4. The molecule has 0 aliphatic carbocycles. The minimum atomic E-state index is 0.938. The Bertz CT molecular complexity index is 1920. The van der Waals surface area contributed by atoms with E-state index in [9.17, 15) is 0 Å². The molecule has 220 valence electrons. The van der Waals surface area contributed by atoms with Gasteiger partial charge in [0.25, 0.3) is 0 Å². The Morgan fingerprint density at radius 1 is 0.326 bits per heavy atom. The molecule has 0 radical (unpaired) electrons. The molecule has 2 aromatic carbocycles. The Morgan fingerprint density at radius 2 is 0.587 bits per heavy atom. The van der Waals surface area contributed by atoms with Crippen molar-refractivity contribution in [1.29, 1.82) is 0 Å². The first-order valence-electron chi connectivity index (χ1n) is 14.5. The Hall–Kier alpha value is -5.84. The molecule has 0 amide bonds. The van der Waals surface area contributed by atoms with Gasteiger partial charge >= 0.3 is 0 Å². The third-order valence-electron chi connectivity index (χ3n) is 7.40. The lowest BCUT2D eigenvalue weighted by molar-refractivity contribution is 1.22. The Labute approximate surface area is 273 Å². The number of fused-ring (bicyclic) bond motifs is 1. The van der Waals surface area contributed by atoms with Gasteiger partial charge in [0.1, 0.15) is 10.0 Å². The Kier molecular flexibility index (Phi) is 7.39. The molecule has 0 bridgehead atoms. The van der Waals surface area contributed by atoms with E-state index in [1.807, 2.05) is 48.5 Å². The zero-order valence-electron chi connectivity index (χ0n) is 24.3. The Balaban J connectivity index is 1.05. The fraction of sp³-hybridized carbons (Fsp3) is 0. The minimum Gasteiger partial charge on any atom is -0.310 e. The minimum absolute atomic E-state index is 0.938. The predicted octanol–water partition coefficient (Wildman–Crippen LogP) is 9.61. The number of thiazole rings is 2. The van der Waals surface area contributed by atoms with Crippen molar-refractivity contribution in [2.24, 2.45) is 0 Å².